The SMILES string of the molecule is C=CC(=O)OCCCCCCCCCCCC1c2ccccc2-c2ccccc21. The summed E-state index contributed by atoms with van der Waals surface area (Å²) in [6.07, 6.45) is 13.8. The minimum Gasteiger partial charge on any atom is -0.463 e. The molecule has 29 heavy (non-hydrogen) atoms. The highest BCUT2D eigenvalue weighted by molar-refractivity contribution is 5.81. The highest BCUT2D eigenvalue weighted by Gasteiger charge is 2.27. The van der Waals surface area contributed by atoms with Crippen LogP contribution < -0.4 is 0 Å². The van der Waals surface area contributed by atoms with Crippen LogP contribution in [0.1, 0.15) is 81.3 Å². The van der Waals surface area contributed by atoms with E-state index in [2.05, 4.69) is 55.1 Å². The molecule has 0 heterocycles. The predicted molar refractivity (Wildman–Crippen MR) is 121 cm³/mol. The van der Waals surface area contributed by atoms with Crippen LogP contribution in [-0.2, 0) is 9.53 Å². The summed E-state index contributed by atoms with van der Waals surface area (Å²) in [5.41, 5.74) is 5.92. The fourth-order valence-corrected chi connectivity index (χ4v) is 4.49. The first-order valence-electron chi connectivity index (χ1n) is 11.3. The second-order valence-electron chi connectivity index (χ2n) is 8.07. The molecule has 1 aliphatic carbocycles. The van der Waals surface area contributed by atoms with Crippen LogP contribution >= 0.6 is 0 Å². The van der Waals surface area contributed by atoms with Crippen LogP contribution in [-0.4, -0.2) is 12.6 Å². The number of unbranched alkanes of at least 4 members (excludes halogenated alkanes) is 8. The smallest absolute Gasteiger partial charge is 0.330 e. The Bertz CT molecular complexity index is 747. The molecule has 0 aromatic heterocycles. The van der Waals surface area contributed by atoms with Crippen molar-refractivity contribution in [1.29, 1.82) is 0 Å². The van der Waals surface area contributed by atoms with Crippen LogP contribution in [0.15, 0.2) is 61.2 Å². The van der Waals surface area contributed by atoms with Crippen LogP contribution in [0.4, 0.5) is 0 Å². The van der Waals surface area contributed by atoms with Gasteiger partial charge >= 0.3 is 5.97 Å². The zero-order valence-corrected chi connectivity index (χ0v) is 17.6. The molecule has 0 amide bonds. The van der Waals surface area contributed by atoms with E-state index in [0.29, 0.717) is 12.5 Å². The van der Waals surface area contributed by atoms with Gasteiger partial charge in [-0.25, -0.2) is 4.79 Å². The van der Waals surface area contributed by atoms with E-state index in [0.717, 1.165) is 12.8 Å². The highest BCUT2D eigenvalue weighted by Crippen LogP contribution is 2.46. The lowest BCUT2D eigenvalue weighted by molar-refractivity contribution is -0.137. The van der Waals surface area contributed by atoms with Gasteiger partial charge in [0.2, 0.25) is 0 Å². The lowest BCUT2D eigenvalue weighted by Crippen LogP contribution is -2.01. The van der Waals surface area contributed by atoms with Crippen molar-refractivity contribution in [2.45, 2.75) is 70.1 Å². The van der Waals surface area contributed by atoms with Crippen molar-refractivity contribution in [3.05, 3.63) is 72.3 Å². The molecule has 2 heteroatoms. The molecule has 0 saturated heterocycles. The Kier molecular flexibility index (Phi) is 8.55. The first-order valence-corrected chi connectivity index (χ1v) is 11.3. The third-order valence-electron chi connectivity index (χ3n) is 6.01. The maximum atomic E-state index is 10.9. The molecule has 154 valence electrons. The van der Waals surface area contributed by atoms with Crippen molar-refractivity contribution in [2.75, 3.05) is 6.61 Å². The van der Waals surface area contributed by atoms with Crippen molar-refractivity contribution < 1.29 is 9.53 Å². The van der Waals surface area contributed by atoms with Crippen molar-refractivity contribution in [1.82, 2.24) is 0 Å². The average molecular weight is 391 g/mol. The number of rotatable bonds is 13. The van der Waals surface area contributed by atoms with Gasteiger partial charge in [-0.05, 0) is 35.1 Å². The van der Waals surface area contributed by atoms with Crippen molar-refractivity contribution in [3.63, 3.8) is 0 Å². The quantitative estimate of drug-likeness (QED) is 0.202. The van der Waals surface area contributed by atoms with Gasteiger partial charge in [0.15, 0.2) is 0 Å². The van der Waals surface area contributed by atoms with Crippen LogP contribution in [0.2, 0.25) is 0 Å². The minimum atomic E-state index is -0.311. The Morgan fingerprint density at radius 2 is 1.24 bits per heavy atom. The summed E-state index contributed by atoms with van der Waals surface area (Å²) in [4.78, 5) is 10.9. The molecule has 0 bridgehead atoms. The van der Waals surface area contributed by atoms with E-state index in [4.69, 9.17) is 4.74 Å². The highest BCUT2D eigenvalue weighted by atomic mass is 16.5. The van der Waals surface area contributed by atoms with Gasteiger partial charge in [-0.1, -0.05) is 106 Å². The standard InChI is InChI=1S/C27H34O2/c1-2-27(28)29-21-15-9-7-5-3-4-6-8-10-16-22-23-17-11-13-19-25(23)26-20-14-12-18-24(22)26/h2,11-14,17-20,22H,1,3-10,15-16,21H2. The molecule has 0 unspecified atom stereocenters. The van der Waals surface area contributed by atoms with E-state index in [1.807, 2.05) is 0 Å². The largest absolute Gasteiger partial charge is 0.463 e. The molecule has 0 N–H and O–H groups in total. The molecule has 0 saturated carbocycles. The van der Waals surface area contributed by atoms with E-state index < -0.39 is 0 Å². The number of benzene rings is 2. The maximum absolute atomic E-state index is 10.9. The van der Waals surface area contributed by atoms with Gasteiger partial charge in [-0.3, -0.25) is 0 Å². The first kappa shape index (κ1) is 21.4. The lowest BCUT2D eigenvalue weighted by atomic mass is 9.91. The summed E-state index contributed by atoms with van der Waals surface area (Å²) >= 11 is 0. The number of fused-ring (bicyclic) bond motifs is 3. The van der Waals surface area contributed by atoms with Crippen LogP contribution in [0.25, 0.3) is 11.1 Å². The summed E-state index contributed by atoms with van der Waals surface area (Å²) in [5.74, 6) is 0.271. The number of hydrogen-bond acceptors (Lipinski definition) is 2. The molecule has 2 aromatic carbocycles. The fourth-order valence-electron chi connectivity index (χ4n) is 4.49. The molecule has 0 aliphatic heterocycles. The molecule has 2 nitrogen and oxygen atoms in total. The van der Waals surface area contributed by atoms with E-state index in [1.54, 1.807) is 0 Å². The van der Waals surface area contributed by atoms with E-state index in [-0.39, 0.29) is 5.97 Å². The lowest BCUT2D eigenvalue weighted by Gasteiger charge is -2.13. The molecule has 0 atom stereocenters. The molecular formula is C27H34O2. The van der Waals surface area contributed by atoms with E-state index in [1.165, 1.54) is 79.7 Å². The van der Waals surface area contributed by atoms with Crippen LogP contribution in [0.3, 0.4) is 0 Å². The Morgan fingerprint density at radius 3 is 1.79 bits per heavy atom. The Morgan fingerprint density at radius 1 is 0.759 bits per heavy atom. The van der Waals surface area contributed by atoms with Crippen molar-refractivity contribution >= 4 is 5.97 Å². The number of carbonyl (C=O) groups is 1. The number of carbonyl (C=O) groups excluding carboxylic acids is 1. The zero-order chi connectivity index (χ0) is 20.3. The average Bonchev–Trinajstić information content (AvgIpc) is 3.08. The van der Waals surface area contributed by atoms with Crippen molar-refractivity contribution in [3.8, 4) is 11.1 Å². The van der Waals surface area contributed by atoms with E-state index >= 15 is 0 Å². The summed E-state index contributed by atoms with van der Waals surface area (Å²) in [6.45, 7) is 3.92. The topological polar surface area (TPSA) is 26.3 Å². The van der Waals surface area contributed by atoms with Gasteiger partial charge < -0.3 is 4.74 Å². The van der Waals surface area contributed by atoms with Crippen LogP contribution in [0, 0.1) is 0 Å². The van der Waals surface area contributed by atoms with Gasteiger partial charge in [0.25, 0.3) is 0 Å². The van der Waals surface area contributed by atoms with E-state index in [9.17, 15) is 4.79 Å². The number of esters is 1. The number of hydrogen-bond donors (Lipinski definition) is 0. The summed E-state index contributed by atoms with van der Waals surface area (Å²) < 4.78 is 4.99. The maximum Gasteiger partial charge on any atom is 0.330 e. The first-order chi connectivity index (χ1) is 14.3. The number of ether oxygens (including phenoxy) is 1. The molecule has 3 rings (SSSR count). The van der Waals surface area contributed by atoms with Gasteiger partial charge in [-0.15, -0.1) is 0 Å². The fraction of sp³-hybridized carbons (Fsp3) is 0.444. The zero-order valence-electron chi connectivity index (χ0n) is 17.6. The van der Waals surface area contributed by atoms with Crippen LogP contribution in [0.5, 0.6) is 0 Å². The van der Waals surface area contributed by atoms with Gasteiger partial charge in [-0.2, -0.15) is 0 Å². The van der Waals surface area contributed by atoms with Gasteiger partial charge in [0.05, 0.1) is 6.61 Å². The Hall–Kier alpha value is -2.35. The molecule has 0 radical (unpaired) electrons. The second kappa shape index (κ2) is 11.6. The molecule has 1 aliphatic rings. The molecule has 0 fully saturated rings. The molecular weight excluding hydrogens is 356 g/mol. The Labute approximate surface area is 176 Å². The normalized spacial score (nSPS) is 12.4. The summed E-state index contributed by atoms with van der Waals surface area (Å²) in [5, 5.41) is 0. The third kappa shape index (κ3) is 6.06. The third-order valence-corrected chi connectivity index (χ3v) is 6.01. The summed E-state index contributed by atoms with van der Waals surface area (Å²) in [7, 11) is 0. The van der Waals surface area contributed by atoms with Gasteiger partial charge in [0.1, 0.15) is 0 Å². The molecule has 0 spiro atoms. The second-order valence-corrected chi connectivity index (χ2v) is 8.07. The van der Waals surface area contributed by atoms with Gasteiger partial charge in [0, 0.05) is 12.0 Å². The minimum absolute atomic E-state index is 0.311. The summed E-state index contributed by atoms with van der Waals surface area (Å²) in [6, 6.07) is 17.9. The van der Waals surface area contributed by atoms with Crippen molar-refractivity contribution in [2.24, 2.45) is 0 Å². The predicted octanol–water partition coefficient (Wildman–Crippen LogP) is 7.43. The molecule has 2 aromatic rings. The Balaban J connectivity index is 1.26. The monoisotopic (exact) mass is 390 g/mol.